The molecule has 2 amide bonds. The summed E-state index contributed by atoms with van der Waals surface area (Å²) in [6.07, 6.45) is -2.91. The summed E-state index contributed by atoms with van der Waals surface area (Å²) in [6.45, 7) is 9.22. The first-order chi connectivity index (χ1) is 20.5. The zero-order valence-electron chi connectivity index (χ0n) is 25.4. The fourth-order valence-electron chi connectivity index (χ4n) is 5.32. The Kier molecular flexibility index (Phi) is 9.27. The highest BCUT2D eigenvalue weighted by molar-refractivity contribution is 6.08. The Morgan fingerprint density at radius 1 is 1.02 bits per heavy atom. The van der Waals surface area contributed by atoms with E-state index in [-0.39, 0.29) is 42.4 Å². The summed E-state index contributed by atoms with van der Waals surface area (Å²) in [5.74, 6) is -0.792. The van der Waals surface area contributed by atoms with E-state index in [1.165, 1.54) is 17.0 Å². The molecule has 3 aromatic rings. The van der Waals surface area contributed by atoms with E-state index in [2.05, 4.69) is 0 Å². The summed E-state index contributed by atoms with van der Waals surface area (Å²) in [6, 6.07) is 9.62. The number of halogens is 3. The molecule has 1 unspecified atom stereocenters. The Labute approximate surface area is 253 Å². The fraction of sp³-hybridized carbons (Fsp3) is 0.455. The van der Waals surface area contributed by atoms with Gasteiger partial charge < -0.3 is 13.9 Å². The first-order valence-corrected chi connectivity index (χ1v) is 14.5. The number of esters is 1. The van der Waals surface area contributed by atoms with Crippen LogP contribution in [-0.2, 0) is 32.3 Å². The summed E-state index contributed by atoms with van der Waals surface area (Å²) in [5, 5.41) is -0.207. The number of hydrogen-bond donors (Lipinski definition) is 0. The molecular formula is C33H36F3NO7. The predicted molar refractivity (Wildman–Crippen MR) is 157 cm³/mol. The number of fused-ring (bicyclic) bond motifs is 1. The van der Waals surface area contributed by atoms with Crippen molar-refractivity contribution in [1.82, 2.24) is 4.90 Å². The lowest BCUT2D eigenvalue weighted by molar-refractivity contribution is -0.140. The van der Waals surface area contributed by atoms with Gasteiger partial charge in [-0.1, -0.05) is 25.5 Å². The molecule has 0 saturated carbocycles. The quantitative estimate of drug-likeness (QED) is 0.110. The third-order valence-corrected chi connectivity index (χ3v) is 7.49. The summed E-state index contributed by atoms with van der Waals surface area (Å²) in [7, 11) is 0. The maximum Gasteiger partial charge on any atom is 0.417 e. The van der Waals surface area contributed by atoms with Gasteiger partial charge in [-0.2, -0.15) is 13.2 Å². The number of likely N-dealkylation sites (tertiary alicyclic amines) is 1. The lowest BCUT2D eigenvalue weighted by Gasteiger charge is -2.23. The van der Waals surface area contributed by atoms with Gasteiger partial charge in [-0.3, -0.25) is 14.5 Å². The molecular weight excluding hydrogens is 579 g/mol. The van der Waals surface area contributed by atoms with E-state index in [0.29, 0.717) is 54.2 Å². The normalized spacial score (nSPS) is 17.4. The molecule has 1 aromatic heterocycles. The van der Waals surface area contributed by atoms with Gasteiger partial charge in [-0.05, 0) is 76.8 Å². The van der Waals surface area contributed by atoms with Crippen molar-refractivity contribution in [2.24, 2.45) is 0 Å². The van der Waals surface area contributed by atoms with Crippen LogP contribution in [0.25, 0.3) is 11.0 Å². The van der Waals surface area contributed by atoms with E-state index < -0.39 is 34.4 Å². The maximum atomic E-state index is 13.5. The minimum Gasteiger partial charge on any atom is -0.493 e. The van der Waals surface area contributed by atoms with Gasteiger partial charge in [0, 0.05) is 30.0 Å². The third kappa shape index (κ3) is 6.97. The number of aryl methyl sites for hydroxylation is 1. The topological polar surface area (TPSA) is 103 Å². The van der Waals surface area contributed by atoms with Crippen molar-refractivity contribution >= 4 is 28.8 Å². The summed E-state index contributed by atoms with van der Waals surface area (Å²) in [5.41, 5.74) is -2.66. The number of unbranched alkanes of at least 4 members (excludes halogenated alkanes) is 1. The smallest absolute Gasteiger partial charge is 0.417 e. The minimum absolute atomic E-state index is 0.00327. The van der Waals surface area contributed by atoms with Crippen LogP contribution in [0.1, 0.15) is 87.4 Å². The van der Waals surface area contributed by atoms with Crippen LogP contribution in [0.15, 0.2) is 51.7 Å². The van der Waals surface area contributed by atoms with E-state index in [9.17, 15) is 32.3 Å². The second-order valence-corrected chi connectivity index (χ2v) is 12.1. The molecule has 0 radical (unpaired) electrons. The van der Waals surface area contributed by atoms with Crippen LogP contribution >= 0.6 is 0 Å². The highest BCUT2D eigenvalue weighted by atomic mass is 19.4. The van der Waals surface area contributed by atoms with Crippen molar-refractivity contribution in [3.05, 3.63) is 75.1 Å². The van der Waals surface area contributed by atoms with Gasteiger partial charge >= 0.3 is 17.8 Å². The van der Waals surface area contributed by atoms with Crippen LogP contribution in [0.5, 0.6) is 5.75 Å². The van der Waals surface area contributed by atoms with Gasteiger partial charge in [-0.25, -0.2) is 9.59 Å². The molecule has 236 valence electrons. The van der Waals surface area contributed by atoms with Gasteiger partial charge in [-0.15, -0.1) is 0 Å². The van der Waals surface area contributed by atoms with E-state index in [0.717, 1.165) is 0 Å². The monoisotopic (exact) mass is 615 g/mol. The van der Waals surface area contributed by atoms with E-state index in [4.69, 9.17) is 13.9 Å². The molecule has 44 heavy (non-hydrogen) atoms. The van der Waals surface area contributed by atoms with E-state index in [1.54, 1.807) is 52.0 Å². The lowest BCUT2D eigenvalue weighted by atomic mass is 9.80. The first-order valence-electron chi connectivity index (χ1n) is 14.5. The van der Waals surface area contributed by atoms with Crippen LogP contribution in [0.4, 0.5) is 13.2 Å². The Morgan fingerprint density at radius 3 is 2.32 bits per heavy atom. The molecule has 0 bridgehead atoms. The van der Waals surface area contributed by atoms with Crippen LogP contribution in [0, 0.1) is 0 Å². The van der Waals surface area contributed by atoms with Crippen molar-refractivity contribution in [3.63, 3.8) is 0 Å². The van der Waals surface area contributed by atoms with E-state index >= 15 is 0 Å². The average molecular weight is 616 g/mol. The second kappa shape index (κ2) is 12.5. The Bertz CT molecular complexity index is 1620. The minimum atomic E-state index is -4.72. The van der Waals surface area contributed by atoms with Crippen molar-refractivity contribution in [1.29, 1.82) is 0 Å². The highest BCUT2D eigenvalue weighted by Gasteiger charge is 2.49. The molecule has 1 fully saturated rings. The number of benzene rings is 2. The molecule has 0 aliphatic carbocycles. The Morgan fingerprint density at radius 2 is 1.70 bits per heavy atom. The number of imide groups is 1. The van der Waals surface area contributed by atoms with Gasteiger partial charge in [0.1, 0.15) is 16.9 Å². The fourth-order valence-corrected chi connectivity index (χ4v) is 5.32. The van der Waals surface area contributed by atoms with Crippen LogP contribution < -0.4 is 10.4 Å². The SMILES string of the molecule is CCCc1c(OCCCCN2C(=O)CC(C)(c3ccc(C(=O)OC(C)(C)C)cc3)C2=O)ccc2c(C(F)(F)F)cc(=O)oc12. The molecule has 1 saturated heterocycles. The number of ether oxygens (including phenoxy) is 2. The number of carbonyl (C=O) groups is 3. The second-order valence-electron chi connectivity index (χ2n) is 12.1. The standard InChI is InChI=1S/C33H36F3NO7/c1-6-9-23-25(15-14-22-24(33(34,35)36)18-27(39)43-28(22)23)42-17-8-7-16-37-26(38)19-32(5,30(37)41)21-12-10-20(11-13-21)29(40)44-31(2,3)4/h10-15,18H,6-9,16-17,19H2,1-5H3. The van der Waals surface area contributed by atoms with Gasteiger partial charge in [0.15, 0.2) is 0 Å². The number of nitrogens with zero attached hydrogens (tertiary/aromatic N) is 1. The molecule has 2 aromatic carbocycles. The molecule has 1 atom stereocenters. The van der Waals surface area contributed by atoms with Crippen molar-refractivity contribution in [2.75, 3.05) is 13.2 Å². The average Bonchev–Trinajstić information content (AvgIpc) is 3.15. The van der Waals surface area contributed by atoms with Gasteiger partial charge in [0.2, 0.25) is 11.8 Å². The number of rotatable bonds is 10. The maximum absolute atomic E-state index is 13.5. The molecule has 2 heterocycles. The summed E-state index contributed by atoms with van der Waals surface area (Å²) >= 11 is 0. The largest absolute Gasteiger partial charge is 0.493 e. The van der Waals surface area contributed by atoms with Crippen LogP contribution in [0.3, 0.4) is 0 Å². The molecule has 0 N–H and O–H groups in total. The Hall–Kier alpha value is -4.15. The number of amides is 2. The number of alkyl halides is 3. The van der Waals surface area contributed by atoms with Crippen LogP contribution in [-0.4, -0.2) is 41.4 Å². The Balaban J connectivity index is 1.39. The van der Waals surface area contributed by atoms with Crippen molar-refractivity contribution < 1.29 is 41.4 Å². The number of hydrogen-bond acceptors (Lipinski definition) is 7. The third-order valence-electron chi connectivity index (χ3n) is 7.49. The first kappa shape index (κ1) is 32.8. The van der Waals surface area contributed by atoms with Gasteiger partial charge in [0.25, 0.3) is 0 Å². The summed E-state index contributed by atoms with van der Waals surface area (Å²) in [4.78, 5) is 51.7. The molecule has 4 rings (SSSR count). The molecule has 11 heteroatoms. The van der Waals surface area contributed by atoms with Crippen LogP contribution in [0.2, 0.25) is 0 Å². The van der Waals surface area contributed by atoms with E-state index in [1.807, 2.05) is 6.92 Å². The lowest BCUT2D eigenvalue weighted by Crippen LogP contribution is -2.37. The highest BCUT2D eigenvalue weighted by Crippen LogP contribution is 2.38. The van der Waals surface area contributed by atoms with Crippen molar-refractivity contribution in [2.45, 2.75) is 83.9 Å². The van der Waals surface area contributed by atoms with Gasteiger partial charge in [0.05, 0.1) is 23.1 Å². The molecule has 8 nitrogen and oxygen atoms in total. The molecule has 0 spiro atoms. The zero-order chi connectivity index (χ0) is 32.4. The molecule has 1 aliphatic heterocycles. The predicted octanol–water partition coefficient (Wildman–Crippen LogP) is 6.60. The van der Waals surface area contributed by atoms with Crippen molar-refractivity contribution in [3.8, 4) is 5.75 Å². The molecule has 1 aliphatic rings. The summed E-state index contributed by atoms with van der Waals surface area (Å²) < 4.78 is 57.1. The zero-order valence-corrected chi connectivity index (χ0v) is 25.4. The number of carbonyl (C=O) groups excluding carboxylic acids is 3.